The molecule has 0 radical (unpaired) electrons. The van der Waals surface area contributed by atoms with Crippen LogP contribution in [0.2, 0.25) is 18.1 Å². The highest BCUT2D eigenvalue weighted by Gasteiger charge is 2.31. The lowest BCUT2D eigenvalue weighted by molar-refractivity contribution is -0.274. The maximum Gasteiger partial charge on any atom is 0.573 e. The predicted molar refractivity (Wildman–Crippen MR) is 102 cm³/mol. The van der Waals surface area contributed by atoms with Crippen molar-refractivity contribution in [3.8, 4) is 11.5 Å². The Morgan fingerprint density at radius 2 is 1.58 bits per heavy atom. The average Bonchev–Trinajstić information content (AvgIpc) is 2.61. The predicted octanol–water partition coefficient (Wildman–Crippen LogP) is 6.57. The molecule has 2 nitrogen and oxygen atoms in total. The minimum atomic E-state index is -4.65. The van der Waals surface area contributed by atoms with E-state index in [1.165, 1.54) is 87.3 Å². The van der Waals surface area contributed by atoms with Crippen LogP contribution in [0.3, 0.4) is 0 Å². The van der Waals surface area contributed by atoms with Crippen molar-refractivity contribution in [3.05, 3.63) is 24.3 Å². The molecule has 1 aliphatic rings. The Bertz CT molecular complexity index is 497. The van der Waals surface area contributed by atoms with Crippen molar-refractivity contribution in [2.24, 2.45) is 5.92 Å². The van der Waals surface area contributed by atoms with Gasteiger partial charge in [0.25, 0.3) is 0 Å². The van der Waals surface area contributed by atoms with Crippen LogP contribution in [-0.2, 0) is 0 Å². The summed E-state index contributed by atoms with van der Waals surface area (Å²) in [6, 6.07) is 10.0. The number of halogens is 3. The van der Waals surface area contributed by atoms with Crippen LogP contribution in [0.5, 0.6) is 11.5 Å². The van der Waals surface area contributed by atoms with Crippen molar-refractivity contribution in [1.82, 2.24) is 0 Å². The number of hydrogen-bond acceptors (Lipinski definition) is 2. The van der Waals surface area contributed by atoms with Crippen LogP contribution in [0.15, 0.2) is 24.3 Å². The normalized spacial score (nSPS) is 20.8. The summed E-state index contributed by atoms with van der Waals surface area (Å²) in [6.45, 7) is 2.92. The van der Waals surface area contributed by atoms with Gasteiger partial charge in [0.05, 0.1) is 6.61 Å². The summed E-state index contributed by atoms with van der Waals surface area (Å²) in [7, 11) is -0.521. The largest absolute Gasteiger partial charge is 0.573 e. The quantitative estimate of drug-likeness (QED) is 0.333. The Balaban J connectivity index is 1.61. The van der Waals surface area contributed by atoms with Gasteiger partial charge in [0.15, 0.2) is 0 Å². The molecule has 0 bridgehead atoms. The van der Waals surface area contributed by atoms with E-state index in [4.69, 9.17) is 4.74 Å². The van der Waals surface area contributed by atoms with E-state index in [9.17, 15) is 13.2 Å². The molecule has 0 amide bonds. The topological polar surface area (TPSA) is 18.5 Å². The maximum atomic E-state index is 12.1. The zero-order valence-corrected chi connectivity index (χ0v) is 16.8. The van der Waals surface area contributed by atoms with Gasteiger partial charge in [-0.1, -0.05) is 57.2 Å². The van der Waals surface area contributed by atoms with Gasteiger partial charge in [0.1, 0.15) is 11.5 Å². The highest BCUT2D eigenvalue weighted by atomic mass is 28.3. The van der Waals surface area contributed by atoms with Gasteiger partial charge in [0.2, 0.25) is 0 Å². The number of alkyl halides is 3. The van der Waals surface area contributed by atoms with E-state index in [-0.39, 0.29) is 5.75 Å². The van der Waals surface area contributed by atoms with Gasteiger partial charge in [-0.25, -0.2) is 0 Å². The van der Waals surface area contributed by atoms with Crippen LogP contribution in [0.4, 0.5) is 13.2 Å². The molecule has 148 valence electrons. The number of unbranched alkanes of at least 4 members (excludes halogenated alkanes) is 4. The third-order valence-electron chi connectivity index (χ3n) is 5.23. The number of benzene rings is 1. The zero-order valence-electron chi connectivity index (χ0n) is 15.7. The maximum absolute atomic E-state index is 12.1. The van der Waals surface area contributed by atoms with E-state index in [0.29, 0.717) is 18.3 Å². The standard InChI is InChI=1S/C20H31F3O2Si/c1-2-3-4-5-6-13-26-14-11-17(12-15-26)16-24-18-7-9-19(10-8-18)25-20(21,22)23/h7-10,17,26H,2-6,11-16H2,1H3. The molecule has 1 aromatic carbocycles. The number of rotatable bonds is 10. The summed E-state index contributed by atoms with van der Waals surface area (Å²) < 4.78 is 46.1. The van der Waals surface area contributed by atoms with Crippen LogP contribution in [0.25, 0.3) is 0 Å². The molecular formula is C20H31F3O2Si. The van der Waals surface area contributed by atoms with E-state index in [1.54, 1.807) is 0 Å². The van der Waals surface area contributed by atoms with Crippen LogP contribution < -0.4 is 9.47 Å². The molecule has 1 aliphatic heterocycles. The van der Waals surface area contributed by atoms with E-state index < -0.39 is 15.2 Å². The van der Waals surface area contributed by atoms with Crippen molar-refractivity contribution in [3.63, 3.8) is 0 Å². The average molecular weight is 389 g/mol. The smallest absolute Gasteiger partial charge is 0.493 e. The second kappa shape index (κ2) is 10.9. The Kier molecular flexibility index (Phi) is 8.82. The summed E-state index contributed by atoms with van der Waals surface area (Å²) in [5.41, 5.74) is 0. The second-order valence-electron chi connectivity index (χ2n) is 7.42. The fraction of sp³-hybridized carbons (Fsp3) is 0.700. The summed E-state index contributed by atoms with van der Waals surface area (Å²) in [5.74, 6) is 0.982. The summed E-state index contributed by atoms with van der Waals surface area (Å²) in [6.07, 6.45) is 4.74. The van der Waals surface area contributed by atoms with Crippen molar-refractivity contribution >= 4 is 8.80 Å². The molecule has 0 aliphatic carbocycles. The first-order valence-electron chi connectivity index (χ1n) is 9.95. The highest BCUT2D eigenvalue weighted by Crippen LogP contribution is 2.30. The van der Waals surface area contributed by atoms with Crippen LogP contribution in [-0.4, -0.2) is 21.8 Å². The molecule has 1 fully saturated rings. The molecule has 26 heavy (non-hydrogen) atoms. The molecule has 0 saturated carbocycles. The van der Waals surface area contributed by atoms with E-state index in [2.05, 4.69) is 11.7 Å². The molecule has 6 heteroatoms. The first-order valence-corrected chi connectivity index (χ1v) is 12.4. The summed E-state index contributed by atoms with van der Waals surface area (Å²) >= 11 is 0. The van der Waals surface area contributed by atoms with Gasteiger partial charge in [-0.15, -0.1) is 13.2 Å². The van der Waals surface area contributed by atoms with E-state index in [0.717, 1.165) is 0 Å². The van der Waals surface area contributed by atoms with Gasteiger partial charge < -0.3 is 9.47 Å². The highest BCUT2D eigenvalue weighted by molar-refractivity contribution is 6.58. The molecule has 0 spiro atoms. The van der Waals surface area contributed by atoms with Gasteiger partial charge in [-0.05, 0) is 43.0 Å². The molecule has 1 saturated heterocycles. The SMILES string of the molecule is CCCCCCC[SiH]1CCC(COc2ccc(OC(F)(F)F)cc2)CC1. The minimum absolute atomic E-state index is 0.213. The van der Waals surface area contributed by atoms with Crippen molar-refractivity contribution in [2.45, 2.75) is 76.4 Å². The van der Waals surface area contributed by atoms with Gasteiger partial charge in [0, 0.05) is 8.80 Å². The molecule has 2 rings (SSSR count). The van der Waals surface area contributed by atoms with Gasteiger partial charge in [-0.2, -0.15) is 0 Å². The van der Waals surface area contributed by atoms with Gasteiger partial charge >= 0.3 is 6.36 Å². The number of ether oxygens (including phenoxy) is 2. The summed E-state index contributed by atoms with van der Waals surface area (Å²) in [4.78, 5) is 0. The summed E-state index contributed by atoms with van der Waals surface area (Å²) in [5, 5.41) is 0. The molecule has 0 unspecified atom stereocenters. The fourth-order valence-electron chi connectivity index (χ4n) is 3.68. The first-order chi connectivity index (χ1) is 12.5. The lowest BCUT2D eigenvalue weighted by atomic mass is 10.0. The fourth-order valence-corrected chi connectivity index (χ4v) is 7.29. The van der Waals surface area contributed by atoms with Crippen LogP contribution in [0.1, 0.15) is 51.9 Å². The Morgan fingerprint density at radius 3 is 2.19 bits per heavy atom. The molecule has 0 atom stereocenters. The monoisotopic (exact) mass is 388 g/mol. The van der Waals surface area contributed by atoms with E-state index in [1.807, 2.05) is 0 Å². The third-order valence-corrected chi connectivity index (χ3v) is 8.75. The van der Waals surface area contributed by atoms with Crippen molar-refractivity contribution in [1.29, 1.82) is 0 Å². The molecule has 0 aromatic heterocycles. The third kappa shape index (κ3) is 8.47. The minimum Gasteiger partial charge on any atom is -0.493 e. The van der Waals surface area contributed by atoms with Gasteiger partial charge in [-0.3, -0.25) is 0 Å². The van der Waals surface area contributed by atoms with Crippen molar-refractivity contribution < 1.29 is 22.6 Å². The Morgan fingerprint density at radius 1 is 0.962 bits per heavy atom. The molecule has 1 aromatic rings. The van der Waals surface area contributed by atoms with E-state index >= 15 is 0 Å². The number of hydrogen-bond donors (Lipinski definition) is 0. The second-order valence-corrected chi connectivity index (χ2v) is 10.9. The zero-order chi connectivity index (χ0) is 18.8. The molecule has 0 N–H and O–H groups in total. The van der Waals surface area contributed by atoms with Crippen LogP contribution >= 0.6 is 0 Å². The lowest BCUT2D eigenvalue weighted by Crippen LogP contribution is -2.24. The molecule has 1 heterocycles. The Labute approximate surface area is 156 Å². The van der Waals surface area contributed by atoms with Crippen molar-refractivity contribution in [2.75, 3.05) is 6.61 Å². The van der Waals surface area contributed by atoms with Crippen LogP contribution in [0, 0.1) is 5.92 Å². The lowest BCUT2D eigenvalue weighted by Gasteiger charge is -2.27. The molecular weight excluding hydrogens is 357 g/mol. The Hall–Kier alpha value is -1.17. The first kappa shape index (κ1) is 21.1.